The van der Waals surface area contributed by atoms with Gasteiger partial charge in [0.2, 0.25) is 0 Å². The van der Waals surface area contributed by atoms with E-state index in [1.807, 2.05) is 36.4 Å². The molecular formula is C27H37N3O3. The number of nitrogens with zero attached hydrogens (tertiary/aromatic N) is 3. The third kappa shape index (κ3) is 6.18. The first-order valence-electron chi connectivity index (χ1n) is 12.6. The molecule has 178 valence electrons. The number of aromatic nitrogens is 2. The number of esters is 1. The fourth-order valence-corrected chi connectivity index (χ4v) is 5.48. The molecular weight excluding hydrogens is 414 g/mol. The summed E-state index contributed by atoms with van der Waals surface area (Å²) in [4.78, 5) is 24.3. The molecule has 1 aliphatic carbocycles. The third-order valence-corrected chi connectivity index (χ3v) is 7.34. The largest absolute Gasteiger partial charge is 0.463 e. The summed E-state index contributed by atoms with van der Waals surface area (Å²) in [5.74, 6) is -0.254. The van der Waals surface area contributed by atoms with Crippen LogP contribution in [0.4, 0.5) is 0 Å². The Hall–Kier alpha value is -2.31. The Morgan fingerprint density at radius 2 is 1.85 bits per heavy atom. The predicted octanol–water partition coefficient (Wildman–Crippen LogP) is 4.13. The van der Waals surface area contributed by atoms with E-state index in [0.717, 1.165) is 70.3 Å². The summed E-state index contributed by atoms with van der Waals surface area (Å²) in [6.45, 7) is 3.56. The molecule has 0 amide bonds. The number of ether oxygens (including phenoxy) is 1. The molecule has 1 saturated heterocycles. The van der Waals surface area contributed by atoms with Gasteiger partial charge in [-0.15, -0.1) is 0 Å². The quantitative estimate of drug-likeness (QED) is 0.548. The van der Waals surface area contributed by atoms with Gasteiger partial charge >= 0.3 is 5.97 Å². The average Bonchev–Trinajstić information content (AvgIpc) is 3.38. The lowest BCUT2D eigenvalue weighted by atomic mass is 9.73. The van der Waals surface area contributed by atoms with Crippen LogP contribution in [0.5, 0.6) is 0 Å². The molecule has 6 nitrogen and oxygen atoms in total. The topological polar surface area (TPSA) is 75.5 Å². The van der Waals surface area contributed by atoms with Crippen LogP contribution in [0.25, 0.3) is 0 Å². The van der Waals surface area contributed by atoms with Gasteiger partial charge < -0.3 is 14.7 Å². The molecule has 1 aliphatic heterocycles. The Morgan fingerprint density at radius 1 is 1.09 bits per heavy atom. The van der Waals surface area contributed by atoms with Crippen molar-refractivity contribution in [1.82, 2.24) is 14.9 Å². The Morgan fingerprint density at radius 3 is 2.55 bits per heavy atom. The highest BCUT2D eigenvalue weighted by Gasteiger charge is 2.47. The molecule has 2 aliphatic rings. The molecule has 2 atom stereocenters. The minimum Gasteiger partial charge on any atom is -0.463 e. The second kappa shape index (κ2) is 11.7. The lowest BCUT2D eigenvalue weighted by Gasteiger charge is -2.37. The molecule has 2 fully saturated rings. The molecule has 2 heterocycles. The van der Waals surface area contributed by atoms with E-state index in [4.69, 9.17) is 4.74 Å². The van der Waals surface area contributed by atoms with Gasteiger partial charge in [0.15, 0.2) is 5.60 Å². The van der Waals surface area contributed by atoms with Crippen molar-refractivity contribution in [2.75, 3.05) is 26.2 Å². The Balaban J connectivity index is 1.41. The van der Waals surface area contributed by atoms with E-state index in [0.29, 0.717) is 18.1 Å². The van der Waals surface area contributed by atoms with Crippen LogP contribution in [0, 0.1) is 11.8 Å². The van der Waals surface area contributed by atoms with Crippen LogP contribution >= 0.6 is 0 Å². The first kappa shape index (κ1) is 23.8. The van der Waals surface area contributed by atoms with Crippen molar-refractivity contribution in [1.29, 1.82) is 0 Å². The van der Waals surface area contributed by atoms with Gasteiger partial charge in [-0.25, -0.2) is 14.8 Å². The van der Waals surface area contributed by atoms with Crippen LogP contribution in [-0.4, -0.2) is 52.2 Å². The number of aliphatic hydroxyl groups is 1. The van der Waals surface area contributed by atoms with Crippen LogP contribution in [0.2, 0.25) is 0 Å². The zero-order valence-corrected chi connectivity index (χ0v) is 19.6. The van der Waals surface area contributed by atoms with Gasteiger partial charge in [-0.1, -0.05) is 49.6 Å². The highest BCUT2D eigenvalue weighted by atomic mass is 16.5. The van der Waals surface area contributed by atoms with Gasteiger partial charge in [0.25, 0.3) is 0 Å². The molecule has 0 bridgehead atoms. The third-order valence-electron chi connectivity index (χ3n) is 7.34. The van der Waals surface area contributed by atoms with Gasteiger partial charge in [-0.3, -0.25) is 0 Å². The molecule has 4 rings (SSSR count). The molecule has 1 N–H and O–H groups in total. The Bertz CT molecular complexity index is 851. The second-order valence-corrected chi connectivity index (χ2v) is 9.67. The molecule has 1 saturated carbocycles. The van der Waals surface area contributed by atoms with E-state index in [-0.39, 0.29) is 5.92 Å². The van der Waals surface area contributed by atoms with Gasteiger partial charge in [-0.2, -0.15) is 0 Å². The van der Waals surface area contributed by atoms with Gasteiger partial charge in [-0.05, 0) is 69.2 Å². The summed E-state index contributed by atoms with van der Waals surface area (Å²) >= 11 is 0. The van der Waals surface area contributed by atoms with Crippen LogP contribution in [0.1, 0.15) is 62.6 Å². The maximum Gasteiger partial charge on any atom is 0.343 e. The molecule has 33 heavy (non-hydrogen) atoms. The number of hydrogen-bond acceptors (Lipinski definition) is 6. The Kier molecular flexibility index (Phi) is 8.46. The highest BCUT2D eigenvalue weighted by Crippen LogP contribution is 2.40. The smallest absolute Gasteiger partial charge is 0.343 e. The van der Waals surface area contributed by atoms with E-state index in [2.05, 4.69) is 14.9 Å². The van der Waals surface area contributed by atoms with Crippen LogP contribution in [0.15, 0.2) is 48.9 Å². The first-order chi connectivity index (χ1) is 16.2. The molecule has 1 aromatic carbocycles. The second-order valence-electron chi connectivity index (χ2n) is 9.67. The van der Waals surface area contributed by atoms with E-state index in [9.17, 15) is 9.90 Å². The van der Waals surface area contributed by atoms with Crippen LogP contribution in [-0.2, 0) is 21.6 Å². The molecule has 1 unspecified atom stereocenters. The summed E-state index contributed by atoms with van der Waals surface area (Å²) in [6, 6.07) is 11.3. The highest BCUT2D eigenvalue weighted by molar-refractivity contribution is 5.81. The number of hydrogen-bond donors (Lipinski definition) is 1. The first-order valence-corrected chi connectivity index (χ1v) is 12.6. The summed E-state index contributed by atoms with van der Waals surface area (Å²) in [7, 11) is 0. The minimum atomic E-state index is -1.57. The maximum atomic E-state index is 13.3. The summed E-state index contributed by atoms with van der Waals surface area (Å²) in [6.07, 6.45) is 12.4. The number of rotatable bonds is 10. The average molecular weight is 452 g/mol. The molecule has 1 aromatic heterocycles. The Labute approximate surface area is 197 Å². The van der Waals surface area contributed by atoms with Crippen molar-refractivity contribution >= 4 is 5.97 Å². The summed E-state index contributed by atoms with van der Waals surface area (Å²) < 4.78 is 5.81. The van der Waals surface area contributed by atoms with Crippen molar-refractivity contribution in [2.24, 2.45) is 11.8 Å². The molecule has 0 radical (unpaired) electrons. The zero-order chi connectivity index (χ0) is 22.9. The predicted molar refractivity (Wildman–Crippen MR) is 127 cm³/mol. The van der Waals surface area contributed by atoms with E-state index in [1.165, 1.54) is 12.8 Å². The van der Waals surface area contributed by atoms with Crippen molar-refractivity contribution in [2.45, 2.75) is 63.4 Å². The van der Waals surface area contributed by atoms with Gasteiger partial charge in [0, 0.05) is 24.4 Å². The maximum absolute atomic E-state index is 13.3. The zero-order valence-electron chi connectivity index (χ0n) is 19.6. The summed E-state index contributed by atoms with van der Waals surface area (Å²) in [5.41, 5.74) is 0.0960. The monoisotopic (exact) mass is 451 g/mol. The van der Waals surface area contributed by atoms with Crippen molar-refractivity contribution in [3.8, 4) is 0 Å². The minimum absolute atomic E-state index is 0.0948. The standard InChI is InChI=1S/C27H37N3O3/c31-26(27(32,23-9-3-1-4-10-23)24-11-5-2-6-12-24)33-18-14-22(20-30-16-7-8-17-30)19-25-13-15-28-21-29-25/h1,3-4,9-10,13,15,21-22,24,32H,2,5-8,11-12,14,16-20H2/t22-,27?/m0/s1. The van der Waals surface area contributed by atoms with Crippen LogP contribution < -0.4 is 0 Å². The fourth-order valence-electron chi connectivity index (χ4n) is 5.48. The van der Waals surface area contributed by atoms with Crippen molar-refractivity contribution < 1.29 is 14.6 Å². The summed E-state index contributed by atoms with van der Waals surface area (Å²) in [5, 5.41) is 11.7. The van der Waals surface area contributed by atoms with Crippen LogP contribution in [0.3, 0.4) is 0 Å². The molecule has 2 aromatic rings. The lowest BCUT2D eigenvalue weighted by Crippen LogP contribution is -2.45. The number of likely N-dealkylation sites (tertiary alicyclic amines) is 1. The number of carbonyl (C=O) groups excluding carboxylic acids is 1. The lowest BCUT2D eigenvalue weighted by molar-refractivity contribution is -0.176. The number of carbonyl (C=O) groups is 1. The molecule has 6 heteroatoms. The number of benzene rings is 1. The SMILES string of the molecule is O=C(OCC[C@@H](Cc1ccncn1)CN1CCCC1)C(O)(c1ccccc1)C1CCCCC1. The van der Waals surface area contributed by atoms with E-state index >= 15 is 0 Å². The van der Waals surface area contributed by atoms with E-state index in [1.54, 1.807) is 12.5 Å². The van der Waals surface area contributed by atoms with Crippen molar-refractivity contribution in [3.63, 3.8) is 0 Å². The molecule has 0 spiro atoms. The van der Waals surface area contributed by atoms with Gasteiger partial charge in [0.05, 0.1) is 6.61 Å². The fraction of sp³-hybridized carbons (Fsp3) is 0.593. The van der Waals surface area contributed by atoms with Gasteiger partial charge in [0.1, 0.15) is 6.33 Å². The van der Waals surface area contributed by atoms with Crippen molar-refractivity contribution in [3.05, 3.63) is 60.2 Å². The van der Waals surface area contributed by atoms with E-state index < -0.39 is 11.6 Å². The normalized spacial score (nSPS) is 20.3.